The number of hydrogen-bond acceptors (Lipinski definition) is 4. The van der Waals surface area contributed by atoms with Crippen molar-refractivity contribution in [3.05, 3.63) is 64.1 Å². The average Bonchev–Trinajstić information content (AvgIpc) is 3.05. The third-order valence-electron chi connectivity index (χ3n) is 4.13. The summed E-state index contributed by atoms with van der Waals surface area (Å²) in [5, 5.41) is 0. The minimum absolute atomic E-state index is 0.179. The molecule has 6 heteroatoms. The number of ether oxygens (including phenoxy) is 2. The Morgan fingerprint density at radius 2 is 1.77 bits per heavy atom. The smallest absolute Gasteiger partial charge is 0.338 e. The number of likely N-dealkylation sites (tertiary alicyclic amines) is 1. The molecular weight excluding hydrogens is 398 g/mol. The van der Waals surface area contributed by atoms with Gasteiger partial charge in [-0.25, -0.2) is 4.79 Å². The molecule has 3 rings (SSSR count). The second kappa shape index (κ2) is 8.85. The summed E-state index contributed by atoms with van der Waals surface area (Å²) < 4.78 is 11.7. The Morgan fingerprint density at radius 1 is 1.04 bits per heavy atom. The van der Waals surface area contributed by atoms with Crippen LogP contribution in [0, 0.1) is 0 Å². The lowest BCUT2D eigenvalue weighted by atomic mass is 10.1. The maximum atomic E-state index is 12.1. The van der Waals surface area contributed by atoms with Gasteiger partial charge in [-0.2, -0.15) is 0 Å². The number of rotatable bonds is 7. The molecule has 0 radical (unpaired) electrons. The summed E-state index contributed by atoms with van der Waals surface area (Å²) in [5.41, 5.74) is 1.50. The van der Waals surface area contributed by atoms with Gasteiger partial charge in [0.15, 0.2) is 0 Å². The number of carbonyl (C=O) groups is 2. The quantitative estimate of drug-likeness (QED) is 0.507. The molecule has 1 amide bonds. The Balaban J connectivity index is 1.42. The highest BCUT2D eigenvalue weighted by Gasteiger charge is 2.20. The Hall–Kier alpha value is -2.34. The first-order valence-corrected chi connectivity index (χ1v) is 9.33. The van der Waals surface area contributed by atoms with Gasteiger partial charge in [0.1, 0.15) is 19.0 Å². The van der Waals surface area contributed by atoms with Gasteiger partial charge in [-0.05, 0) is 48.4 Å². The number of amides is 1. The van der Waals surface area contributed by atoms with Crippen LogP contribution in [-0.2, 0) is 16.1 Å². The van der Waals surface area contributed by atoms with Crippen molar-refractivity contribution < 1.29 is 19.1 Å². The van der Waals surface area contributed by atoms with Crippen molar-refractivity contribution in [2.24, 2.45) is 0 Å². The van der Waals surface area contributed by atoms with E-state index < -0.39 is 0 Å². The first-order valence-electron chi connectivity index (χ1n) is 8.54. The van der Waals surface area contributed by atoms with Crippen molar-refractivity contribution in [3.8, 4) is 5.75 Å². The van der Waals surface area contributed by atoms with Gasteiger partial charge in [0.2, 0.25) is 5.91 Å². The SMILES string of the molecule is O=C(OCCOc1ccc(Br)cc1)c1ccc(CN2CCCC2=O)cc1. The van der Waals surface area contributed by atoms with Crippen LogP contribution in [0.25, 0.3) is 0 Å². The number of hydrogen-bond donors (Lipinski definition) is 0. The average molecular weight is 418 g/mol. The van der Waals surface area contributed by atoms with Crippen molar-refractivity contribution in [1.82, 2.24) is 4.90 Å². The van der Waals surface area contributed by atoms with Crippen molar-refractivity contribution in [1.29, 1.82) is 0 Å². The van der Waals surface area contributed by atoms with Gasteiger partial charge >= 0.3 is 5.97 Å². The van der Waals surface area contributed by atoms with Gasteiger partial charge in [0.25, 0.3) is 0 Å². The zero-order valence-electron chi connectivity index (χ0n) is 14.3. The maximum absolute atomic E-state index is 12.1. The molecule has 1 aliphatic rings. The fraction of sp³-hybridized carbons (Fsp3) is 0.300. The van der Waals surface area contributed by atoms with E-state index in [1.165, 1.54) is 0 Å². The zero-order chi connectivity index (χ0) is 18.4. The van der Waals surface area contributed by atoms with Crippen LogP contribution in [0.3, 0.4) is 0 Å². The summed E-state index contributed by atoms with van der Waals surface area (Å²) in [6.45, 7) is 1.87. The highest BCUT2D eigenvalue weighted by atomic mass is 79.9. The van der Waals surface area contributed by atoms with Crippen LogP contribution in [-0.4, -0.2) is 36.5 Å². The number of esters is 1. The minimum atomic E-state index is -0.381. The van der Waals surface area contributed by atoms with Gasteiger partial charge < -0.3 is 14.4 Å². The van der Waals surface area contributed by atoms with Crippen LogP contribution in [0.1, 0.15) is 28.8 Å². The van der Waals surface area contributed by atoms with Crippen LogP contribution in [0.4, 0.5) is 0 Å². The van der Waals surface area contributed by atoms with Crippen molar-refractivity contribution >= 4 is 27.8 Å². The first-order chi connectivity index (χ1) is 12.6. The standard InChI is InChI=1S/C20H20BrNO4/c21-17-7-9-18(10-8-17)25-12-13-26-20(24)16-5-3-15(4-6-16)14-22-11-1-2-19(22)23/h3-10H,1-2,11-14H2. The molecule has 1 heterocycles. The van der Waals surface area contributed by atoms with E-state index in [2.05, 4.69) is 15.9 Å². The number of benzene rings is 2. The second-order valence-electron chi connectivity index (χ2n) is 6.05. The predicted octanol–water partition coefficient (Wildman–Crippen LogP) is 3.81. The molecule has 0 bridgehead atoms. The third-order valence-corrected chi connectivity index (χ3v) is 4.66. The van der Waals surface area contributed by atoms with E-state index >= 15 is 0 Å². The number of carbonyl (C=O) groups excluding carboxylic acids is 2. The van der Waals surface area contributed by atoms with Crippen LogP contribution in [0.5, 0.6) is 5.75 Å². The molecule has 2 aromatic rings. The summed E-state index contributed by atoms with van der Waals surface area (Å²) >= 11 is 3.36. The third kappa shape index (κ3) is 5.08. The molecule has 0 saturated carbocycles. The number of nitrogens with zero attached hydrogens (tertiary/aromatic N) is 1. The van der Waals surface area contributed by atoms with Gasteiger partial charge in [0, 0.05) is 24.0 Å². The van der Waals surface area contributed by atoms with Gasteiger partial charge in [-0.3, -0.25) is 4.79 Å². The molecule has 1 fully saturated rings. The molecule has 0 aromatic heterocycles. The fourth-order valence-corrected chi connectivity index (χ4v) is 3.01. The molecular formula is C20H20BrNO4. The molecule has 136 valence electrons. The second-order valence-corrected chi connectivity index (χ2v) is 6.97. The molecule has 5 nitrogen and oxygen atoms in total. The summed E-state index contributed by atoms with van der Waals surface area (Å²) in [5.74, 6) is 0.539. The van der Waals surface area contributed by atoms with Crippen LogP contribution >= 0.6 is 15.9 Å². The highest BCUT2D eigenvalue weighted by molar-refractivity contribution is 9.10. The van der Waals surface area contributed by atoms with E-state index in [9.17, 15) is 9.59 Å². The molecule has 2 aromatic carbocycles. The van der Waals surface area contributed by atoms with E-state index in [1.807, 2.05) is 41.3 Å². The molecule has 0 atom stereocenters. The lowest BCUT2D eigenvalue weighted by molar-refractivity contribution is -0.128. The van der Waals surface area contributed by atoms with Gasteiger partial charge in [-0.15, -0.1) is 0 Å². The van der Waals surface area contributed by atoms with E-state index in [-0.39, 0.29) is 18.5 Å². The Morgan fingerprint density at radius 3 is 2.42 bits per heavy atom. The van der Waals surface area contributed by atoms with E-state index in [0.29, 0.717) is 25.1 Å². The molecule has 1 saturated heterocycles. The Kier molecular flexibility index (Phi) is 6.28. The molecule has 0 aliphatic carbocycles. The largest absolute Gasteiger partial charge is 0.490 e. The van der Waals surface area contributed by atoms with E-state index in [0.717, 1.165) is 28.8 Å². The van der Waals surface area contributed by atoms with Gasteiger partial charge in [0.05, 0.1) is 5.56 Å². The zero-order valence-corrected chi connectivity index (χ0v) is 15.9. The highest BCUT2D eigenvalue weighted by Crippen LogP contribution is 2.16. The normalized spacial score (nSPS) is 13.7. The molecule has 1 aliphatic heterocycles. The monoisotopic (exact) mass is 417 g/mol. The molecule has 0 spiro atoms. The predicted molar refractivity (Wildman–Crippen MR) is 101 cm³/mol. The van der Waals surface area contributed by atoms with E-state index in [1.54, 1.807) is 12.1 Å². The van der Waals surface area contributed by atoms with Crippen molar-refractivity contribution in [2.45, 2.75) is 19.4 Å². The van der Waals surface area contributed by atoms with Crippen molar-refractivity contribution in [3.63, 3.8) is 0 Å². The van der Waals surface area contributed by atoms with Crippen LogP contribution < -0.4 is 4.74 Å². The summed E-state index contributed by atoms with van der Waals surface area (Å²) in [6.07, 6.45) is 1.55. The molecule has 0 N–H and O–H groups in total. The maximum Gasteiger partial charge on any atom is 0.338 e. The topological polar surface area (TPSA) is 55.8 Å². The lowest BCUT2D eigenvalue weighted by Gasteiger charge is -2.15. The van der Waals surface area contributed by atoms with Crippen LogP contribution in [0.15, 0.2) is 53.0 Å². The lowest BCUT2D eigenvalue weighted by Crippen LogP contribution is -2.23. The number of halogens is 1. The van der Waals surface area contributed by atoms with E-state index in [4.69, 9.17) is 9.47 Å². The van der Waals surface area contributed by atoms with Crippen LogP contribution in [0.2, 0.25) is 0 Å². The Labute approximate surface area is 161 Å². The molecule has 26 heavy (non-hydrogen) atoms. The van der Waals surface area contributed by atoms with Gasteiger partial charge in [-0.1, -0.05) is 28.1 Å². The summed E-state index contributed by atoms with van der Waals surface area (Å²) in [4.78, 5) is 25.6. The first kappa shape index (κ1) is 18.5. The summed E-state index contributed by atoms with van der Waals surface area (Å²) in [7, 11) is 0. The fourth-order valence-electron chi connectivity index (χ4n) is 2.75. The minimum Gasteiger partial charge on any atom is -0.490 e. The van der Waals surface area contributed by atoms with Crippen molar-refractivity contribution in [2.75, 3.05) is 19.8 Å². The summed E-state index contributed by atoms with van der Waals surface area (Å²) in [6, 6.07) is 14.6. The molecule has 0 unspecified atom stereocenters. The Bertz CT molecular complexity index is 758.